The summed E-state index contributed by atoms with van der Waals surface area (Å²) in [6, 6.07) is 20.5. The zero-order chi connectivity index (χ0) is 29.6. The van der Waals surface area contributed by atoms with E-state index >= 15 is 0 Å². The van der Waals surface area contributed by atoms with Gasteiger partial charge in [-0.1, -0.05) is 66.7 Å². The Morgan fingerprint density at radius 2 is 1.67 bits per heavy atom. The minimum absolute atomic E-state index is 0.169. The Bertz CT molecular complexity index is 1410. The molecule has 3 amide bonds. The summed E-state index contributed by atoms with van der Waals surface area (Å²) in [6.07, 6.45) is -1.10. The number of benzene rings is 2. The van der Waals surface area contributed by atoms with E-state index in [0.717, 1.165) is 16.0 Å². The van der Waals surface area contributed by atoms with Crippen molar-refractivity contribution >= 4 is 47.0 Å². The Hall–Kier alpha value is -4.09. The van der Waals surface area contributed by atoms with Crippen LogP contribution in [0.4, 0.5) is 4.79 Å². The van der Waals surface area contributed by atoms with Crippen LogP contribution in [0.2, 0.25) is 0 Å². The highest BCUT2D eigenvalue weighted by molar-refractivity contribution is 8.03. The van der Waals surface area contributed by atoms with Crippen LogP contribution in [0.5, 0.6) is 0 Å². The summed E-state index contributed by atoms with van der Waals surface area (Å²) in [7, 11) is 1.61. The van der Waals surface area contributed by atoms with Gasteiger partial charge < -0.3 is 24.6 Å². The van der Waals surface area contributed by atoms with Crippen LogP contribution in [0.3, 0.4) is 0 Å². The highest BCUT2D eigenvalue weighted by atomic mass is 32.2. The minimum atomic E-state index is -1.12. The Kier molecular flexibility index (Phi) is 9.28. The van der Waals surface area contributed by atoms with Crippen LogP contribution >= 0.6 is 23.1 Å². The third kappa shape index (κ3) is 6.37. The number of β-lactam (4-membered cyclic amide) rings is 1. The Morgan fingerprint density at radius 3 is 2.26 bits per heavy atom. The average molecular weight is 606 g/mol. The highest BCUT2D eigenvalue weighted by Gasteiger charge is 2.56. The third-order valence-electron chi connectivity index (χ3n) is 7.11. The normalized spacial score (nSPS) is 19.3. The molecule has 9 nitrogen and oxygen atoms in total. The molecule has 2 aromatic carbocycles. The fraction of sp³-hybridized carbons (Fsp3) is 0.290. The zero-order valence-electron chi connectivity index (χ0n) is 23.2. The number of esters is 1. The summed E-state index contributed by atoms with van der Waals surface area (Å²) in [4.78, 5) is 56.2. The first-order chi connectivity index (χ1) is 20.4. The van der Waals surface area contributed by atoms with Crippen LogP contribution in [-0.2, 0) is 30.3 Å². The van der Waals surface area contributed by atoms with Crippen molar-refractivity contribution < 1.29 is 28.7 Å². The zero-order valence-corrected chi connectivity index (χ0v) is 24.8. The van der Waals surface area contributed by atoms with Crippen molar-refractivity contribution in [2.24, 2.45) is 0 Å². The molecule has 218 valence electrons. The molecule has 1 unspecified atom stereocenters. The van der Waals surface area contributed by atoms with E-state index < -0.39 is 41.5 Å². The van der Waals surface area contributed by atoms with Crippen molar-refractivity contribution in [3.05, 3.63) is 105 Å². The molecule has 5 rings (SSSR count). The molecule has 3 heterocycles. The van der Waals surface area contributed by atoms with Gasteiger partial charge in [0.05, 0.1) is 6.42 Å². The van der Waals surface area contributed by atoms with E-state index in [9.17, 15) is 19.2 Å². The number of nitrogens with zero attached hydrogens (tertiary/aromatic N) is 2. The predicted molar refractivity (Wildman–Crippen MR) is 161 cm³/mol. The van der Waals surface area contributed by atoms with E-state index in [1.54, 1.807) is 12.5 Å². The largest absolute Gasteiger partial charge is 0.451 e. The van der Waals surface area contributed by atoms with E-state index in [4.69, 9.17) is 9.47 Å². The molecule has 42 heavy (non-hydrogen) atoms. The van der Waals surface area contributed by atoms with Crippen LogP contribution in [0.15, 0.2) is 89.2 Å². The molecule has 1 saturated heterocycles. The SMILES string of the molecule is CCN(C)C(=O)OCC1=CS[C@@H]2[C@H](NC(=O)Cc3cccs3)C(=O)N2C1C(=O)OC(c1ccccc1)c1ccccc1. The van der Waals surface area contributed by atoms with Gasteiger partial charge in [0, 0.05) is 24.0 Å². The second kappa shape index (κ2) is 13.3. The number of ether oxygens (including phenoxy) is 2. The molecule has 3 aromatic rings. The van der Waals surface area contributed by atoms with Crippen LogP contribution < -0.4 is 5.32 Å². The second-order valence-electron chi connectivity index (χ2n) is 9.88. The maximum absolute atomic E-state index is 14.0. The summed E-state index contributed by atoms with van der Waals surface area (Å²) in [5.74, 6) is -1.32. The van der Waals surface area contributed by atoms with Gasteiger partial charge in [-0.3, -0.25) is 9.59 Å². The maximum Gasteiger partial charge on any atom is 0.409 e. The van der Waals surface area contributed by atoms with E-state index in [1.807, 2.05) is 85.1 Å². The number of thiophene rings is 1. The summed E-state index contributed by atoms with van der Waals surface area (Å²) >= 11 is 2.77. The fourth-order valence-electron chi connectivity index (χ4n) is 4.76. The summed E-state index contributed by atoms with van der Waals surface area (Å²) in [5.41, 5.74) is 1.97. The number of thioether (sulfide) groups is 1. The smallest absolute Gasteiger partial charge is 0.409 e. The van der Waals surface area contributed by atoms with Gasteiger partial charge in [-0.15, -0.1) is 23.1 Å². The lowest BCUT2D eigenvalue weighted by atomic mass is 9.97. The number of carbonyl (C=O) groups excluding carboxylic acids is 4. The average Bonchev–Trinajstić information content (AvgIpc) is 3.54. The van der Waals surface area contributed by atoms with E-state index in [0.29, 0.717) is 12.1 Å². The van der Waals surface area contributed by atoms with Crippen molar-refractivity contribution in [3.8, 4) is 0 Å². The molecule has 0 bridgehead atoms. The number of hydrogen-bond donors (Lipinski definition) is 1. The molecule has 0 aliphatic carbocycles. The molecule has 3 atom stereocenters. The number of rotatable bonds is 10. The first-order valence-electron chi connectivity index (χ1n) is 13.5. The Labute approximate surface area is 252 Å². The maximum atomic E-state index is 14.0. The van der Waals surface area contributed by atoms with Crippen LogP contribution in [0.1, 0.15) is 29.0 Å². The molecule has 1 aromatic heterocycles. The summed E-state index contributed by atoms with van der Waals surface area (Å²) in [6.45, 7) is 2.08. The molecular weight excluding hydrogens is 574 g/mol. The van der Waals surface area contributed by atoms with E-state index in [-0.39, 0.29) is 18.9 Å². The lowest BCUT2D eigenvalue weighted by Crippen LogP contribution is -2.74. The number of nitrogens with one attached hydrogen (secondary N) is 1. The van der Waals surface area contributed by atoms with Gasteiger partial charge in [0.15, 0.2) is 12.1 Å². The second-order valence-corrected chi connectivity index (χ2v) is 11.9. The van der Waals surface area contributed by atoms with E-state index in [2.05, 4.69) is 5.32 Å². The van der Waals surface area contributed by atoms with Gasteiger partial charge in [-0.05, 0) is 34.9 Å². The lowest BCUT2D eigenvalue weighted by molar-refractivity contribution is -0.165. The molecule has 0 spiro atoms. The first-order valence-corrected chi connectivity index (χ1v) is 15.4. The fourth-order valence-corrected chi connectivity index (χ4v) is 6.67. The Balaban J connectivity index is 1.38. The van der Waals surface area contributed by atoms with Crippen molar-refractivity contribution in [3.63, 3.8) is 0 Å². The van der Waals surface area contributed by atoms with Crippen molar-refractivity contribution in [1.82, 2.24) is 15.1 Å². The Morgan fingerprint density at radius 1 is 1.00 bits per heavy atom. The van der Waals surface area contributed by atoms with Gasteiger partial charge in [0.1, 0.15) is 18.0 Å². The molecule has 0 saturated carbocycles. The highest BCUT2D eigenvalue weighted by Crippen LogP contribution is 2.41. The number of carbonyl (C=O) groups is 4. The number of hydrogen-bond acceptors (Lipinski definition) is 8. The molecular formula is C31H31N3O6S2. The monoisotopic (exact) mass is 605 g/mol. The quantitative estimate of drug-likeness (QED) is 0.270. The van der Waals surface area contributed by atoms with Crippen molar-refractivity contribution in [2.45, 2.75) is 36.9 Å². The standard InChI is InChI=1S/C31H31N3O6S2/c1-3-33(2)31(38)39-18-22-19-42-29-25(32-24(35)17-23-15-10-16-41-23)28(36)34(29)26(22)30(37)40-27(20-11-6-4-7-12-20)21-13-8-5-9-14-21/h4-16,19,25-27,29H,3,17-18H2,1-2H3,(H,32,35)/t25-,26?,29-/m1/s1. The van der Waals surface area contributed by atoms with Gasteiger partial charge in [0.2, 0.25) is 11.8 Å². The lowest BCUT2D eigenvalue weighted by Gasteiger charge is -2.51. The predicted octanol–water partition coefficient (Wildman–Crippen LogP) is 4.36. The molecule has 1 N–H and O–H groups in total. The van der Waals surface area contributed by atoms with Crippen LogP contribution in [0, 0.1) is 0 Å². The number of fused-ring (bicyclic) bond motifs is 1. The molecule has 1 fully saturated rings. The topological polar surface area (TPSA) is 105 Å². The van der Waals surface area contributed by atoms with E-state index in [1.165, 1.54) is 32.9 Å². The molecule has 11 heteroatoms. The molecule has 0 radical (unpaired) electrons. The summed E-state index contributed by atoms with van der Waals surface area (Å²) < 4.78 is 11.6. The summed E-state index contributed by atoms with van der Waals surface area (Å²) in [5, 5.41) is 5.94. The molecule has 2 aliphatic heterocycles. The van der Waals surface area contributed by atoms with Gasteiger partial charge in [-0.2, -0.15) is 0 Å². The first kappa shape index (κ1) is 29.4. The van der Waals surface area contributed by atoms with Crippen LogP contribution in [0.25, 0.3) is 0 Å². The van der Waals surface area contributed by atoms with Crippen LogP contribution in [-0.4, -0.2) is 71.3 Å². The number of amides is 3. The van der Waals surface area contributed by atoms with Crippen molar-refractivity contribution in [2.75, 3.05) is 20.2 Å². The third-order valence-corrected chi connectivity index (χ3v) is 9.20. The minimum Gasteiger partial charge on any atom is -0.451 e. The molecule has 2 aliphatic rings. The van der Waals surface area contributed by atoms with Gasteiger partial charge in [-0.25, -0.2) is 9.59 Å². The van der Waals surface area contributed by atoms with Gasteiger partial charge >= 0.3 is 12.1 Å². The van der Waals surface area contributed by atoms with Crippen molar-refractivity contribution in [1.29, 1.82) is 0 Å². The van der Waals surface area contributed by atoms with Gasteiger partial charge in [0.25, 0.3) is 0 Å².